The number of carbonyl (C=O) groups is 1. The number of carbonyl (C=O) groups excluding carboxylic acids is 1. The van der Waals surface area contributed by atoms with Gasteiger partial charge in [-0.05, 0) is 31.5 Å². The molecule has 2 aromatic rings. The zero-order chi connectivity index (χ0) is 22.3. The summed E-state index contributed by atoms with van der Waals surface area (Å²) in [5.41, 5.74) is -0.229. The Bertz CT molecular complexity index is 1060. The molecule has 0 radical (unpaired) electrons. The Balaban J connectivity index is 1.79. The normalized spacial score (nSPS) is 16.1. The van der Waals surface area contributed by atoms with E-state index in [4.69, 9.17) is 16.1 Å². The summed E-state index contributed by atoms with van der Waals surface area (Å²) in [5.74, 6) is 0.0578. The summed E-state index contributed by atoms with van der Waals surface area (Å²) >= 11 is 5.89. The summed E-state index contributed by atoms with van der Waals surface area (Å²) in [4.78, 5) is 13.7. The molecular formula is C18H19ClF3N3O4S. The van der Waals surface area contributed by atoms with E-state index in [0.717, 1.165) is 16.4 Å². The first-order chi connectivity index (χ1) is 14.0. The summed E-state index contributed by atoms with van der Waals surface area (Å²) in [7, 11) is -4.27. The number of halogens is 4. The minimum atomic E-state index is -4.70. The van der Waals surface area contributed by atoms with Crippen molar-refractivity contribution in [3.05, 3.63) is 45.8 Å². The van der Waals surface area contributed by atoms with Crippen LogP contribution in [0.3, 0.4) is 0 Å². The average Bonchev–Trinajstić information content (AvgIpc) is 3.07. The molecule has 0 spiro atoms. The van der Waals surface area contributed by atoms with Gasteiger partial charge in [0.25, 0.3) is 5.91 Å². The van der Waals surface area contributed by atoms with E-state index in [1.54, 1.807) is 6.92 Å². The molecule has 1 aliphatic heterocycles. The molecule has 0 unspecified atom stereocenters. The Kier molecular flexibility index (Phi) is 6.17. The number of hydrogen-bond donors (Lipinski definition) is 0. The van der Waals surface area contributed by atoms with Crippen LogP contribution in [0, 0.1) is 6.92 Å². The first-order valence-electron chi connectivity index (χ1n) is 9.08. The number of hydrogen-bond acceptors (Lipinski definition) is 5. The molecular weight excluding hydrogens is 447 g/mol. The number of amides is 1. The first-order valence-corrected chi connectivity index (χ1v) is 10.9. The Hall–Kier alpha value is -2.11. The van der Waals surface area contributed by atoms with Gasteiger partial charge in [0.05, 0.1) is 16.3 Å². The molecule has 0 saturated carbocycles. The van der Waals surface area contributed by atoms with Crippen molar-refractivity contribution in [2.75, 3.05) is 26.2 Å². The summed E-state index contributed by atoms with van der Waals surface area (Å²) in [6.45, 7) is 3.44. The minimum Gasteiger partial charge on any atom is -0.361 e. The highest BCUT2D eigenvalue weighted by Gasteiger charge is 2.36. The van der Waals surface area contributed by atoms with Gasteiger partial charge < -0.3 is 9.42 Å². The Labute approximate surface area is 176 Å². The highest BCUT2D eigenvalue weighted by molar-refractivity contribution is 7.89. The standard InChI is InChI=1S/C18H19ClF3N3O4S/c1-3-14-16(11(2)29-23-14)17(26)24-6-8-25(9-7-24)30(27,28)15-10-12(18(20,21)22)4-5-13(15)19/h4-5,10H,3,6-9H2,1-2H3. The maximum atomic E-state index is 13.0. The second-order valence-electron chi connectivity index (χ2n) is 6.75. The van der Waals surface area contributed by atoms with E-state index in [0.29, 0.717) is 29.5 Å². The van der Waals surface area contributed by atoms with Crippen molar-refractivity contribution < 1.29 is 30.9 Å². The Morgan fingerprint density at radius 1 is 1.23 bits per heavy atom. The topological polar surface area (TPSA) is 83.7 Å². The molecule has 0 N–H and O–H groups in total. The van der Waals surface area contributed by atoms with Gasteiger partial charge >= 0.3 is 6.18 Å². The molecule has 0 bridgehead atoms. The molecule has 3 rings (SSSR count). The van der Waals surface area contributed by atoms with Crippen LogP contribution in [0.2, 0.25) is 5.02 Å². The fraction of sp³-hybridized carbons (Fsp3) is 0.444. The van der Waals surface area contributed by atoms with Crippen LogP contribution < -0.4 is 0 Å². The van der Waals surface area contributed by atoms with Crippen molar-refractivity contribution in [3.63, 3.8) is 0 Å². The number of aromatic nitrogens is 1. The molecule has 0 atom stereocenters. The zero-order valence-corrected chi connectivity index (χ0v) is 17.7. The van der Waals surface area contributed by atoms with Gasteiger partial charge in [-0.25, -0.2) is 8.42 Å². The van der Waals surface area contributed by atoms with E-state index in [9.17, 15) is 26.4 Å². The van der Waals surface area contributed by atoms with Crippen molar-refractivity contribution >= 4 is 27.5 Å². The van der Waals surface area contributed by atoms with Gasteiger partial charge in [-0.3, -0.25) is 4.79 Å². The first kappa shape index (κ1) is 22.6. The van der Waals surface area contributed by atoms with Crippen molar-refractivity contribution in [1.29, 1.82) is 0 Å². The summed E-state index contributed by atoms with van der Waals surface area (Å²) in [5, 5.41) is 3.55. The van der Waals surface area contributed by atoms with Crippen LogP contribution >= 0.6 is 11.6 Å². The van der Waals surface area contributed by atoms with Crippen LogP contribution in [0.5, 0.6) is 0 Å². The fourth-order valence-corrected chi connectivity index (χ4v) is 5.16. The van der Waals surface area contributed by atoms with E-state index in [2.05, 4.69) is 5.16 Å². The Morgan fingerprint density at radius 3 is 2.43 bits per heavy atom. The number of alkyl halides is 3. The lowest BCUT2D eigenvalue weighted by molar-refractivity contribution is -0.137. The van der Waals surface area contributed by atoms with Crippen LogP contribution in [-0.4, -0.2) is 54.9 Å². The SMILES string of the molecule is CCc1noc(C)c1C(=O)N1CCN(S(=O)(=O)c2cc(C(F)(F)F)ccc2Cl)CC1. The fourth-order valence-electron chi connectivity index (χ4n) is 3.24. The predicted octanol–water partition coefficient (Wildman–Crippen LogP) is 3.36. The third-order valence-corrected chi connectivity index (χ3v) is 7.26. The van der Waals surface area contributed by atoms with Crippen LogP contribution in [0.15, 0.2) is 27.6 Å². The van der Waals surface area contributed by atoms with E-state index in [1.807, 2.05) is 6.92 Å². The number of aryl methyl sites for hydroxylation is 2. The molecule has 7 nitrogen and oxygen atoms in total. The highest BCUT2D eigenvalue weighted by atomic mass is 35.5. The van der Waals surface area contributed by atoms with E-state index >= 15 is 0 Å². The van der Waals surface area contributed by atoms with Crippen molar-refractivity contribution in [2.45, 2.75) is 31.3 Å². The monoisotopic (exact) mass is 465 g/mol. The molecule has 1 aromatic heterocycles. The van der Waals surface area contributed by atoms with Gasteiger partial charge in [0, 0.05) is 26.2 Å². The molecule has 1 aromatic carbocycles. The summed E-state index contributed by atoms with van der Waals surface area (Å²) in [6.07, 6.45) is -4.20. The average molecular weight is 466 g/mol. The quantitative estimate of drug-likeness (QED) is 0.691. The minimum absolute atomic E-state index is 0.0718. The lowest BCUT2D eigenvalue weighted by Crippen LogP contribution is -2.50. The molecule has 0 aliphatic carbocycles. The van der Waals surface area contributed by atoms with E-state index in [1.165, 1.54) is 4.90 Å². The molecule has 30 heavy (non-hydrogen) atoms. The second-order valence-corrected chi connectivity index (χ2v) is 9.07. The molecule has 1 aliphatic rings. The number of benzene rings is 1. The van der Waals surface area contributed by atoms with Crippen molar-refractivity contribution in [2.24, 2.45) is 0 Å². The Morgan fingerprint density at radius 2 is 1.87 bits per heavy atom. The number of nitrogens with zero attached hydrogens (tertiary/aromatic N) is 3. The van der Waals surface area contributed by atoms with Gasteiger partial charge in [-0.15, -0.1) is 0 Å². The molecule has 12 heteroatoms. The maximum absolute atomic E-state index is 13.0. The van der Waals surface area contributed by atoms with Gasteiger partial charge in [-0.2, -0.15) is 17.5 Å². The largest absolute Gasteiger partial charge is 0.416 e. The van der Waals surface area contributed by atoms with E-state index in [-0.39, 0.29) is 37.1 Å². The van der Waals surface area contributed by atoms with Gasteiger partial charge in [0.1, 0.15) is 16.2 Å². The van der Waals surface area contributed by atoms with Gasteiger partial charge in [-0.1, -0.05) is 23.7 Å². The molecule has 1 saturated heterocycles. The highest BCUT2D eigenvalue weighted by Crippen LogP contribution is 2.34. The molecule has 164 valence electrons. The van der Waals surface area contributed by atoms with Crippen LogP contribution in [-0.2, 0) is 22.6 Å². The van der Waals surface area contributed by atoms with Gasteiger partial charge in [0.2, 0.25) is 10.0 Å². The smallest absolute Gasteiger partial charge is 0.361 e. The second kappa shape index (κ2) is 8.20. The molecule has 1 amide bonds. The maximum Gasteiger partial charge on any atom is 0.416 e. The van der Waals surface area contributed by atoms with Crippen LogP contribution in [0.4, 0.5) is 13.2 Å². The summed E-state index contributed by atoms with van der Waals surface area (Å²) in [6, 6.07) is 2.17. The third-order valence-electron chi connectivity index (χ3n) is 4.88. The third kappa shape index (κ3) is 4.19. The van der Waals surface area contributed by atoms with Crippen molar-refractivity contribution in [1.82, 2.24) is 14.4 Å². The number of rotatable bonds is 4. The van der Waals surface area contributed by atoms with Crippen LogP contribution in [0.25, 0.3) is 0 Å². The summed E-state index contributed by atoms with van der Waals surface area (Å²) < 4.78 is 70.9. The van der Waals surface area contributed by atoms with E-state index < -0.39 is 26.7 Å². The lowest BCUT2D eigenvalue weighted by Gasteiger charge is -2.34. The molecule has 1 fully saturated rings. The van der Waals surface area contributed by atoms with Gasteiger partial charge in [0.15, 0.2) is 0 Å². The predicted molar refractivity (Wildman–Crippen MR) is 102 cm³/mol. The van der Waals surface area contributed by atoms with Crippen LogP contribution in [0.1, 0.15) is 34.3 Å². The number of piperazine rings is 1. The zero-order valence-electron chi connectivity index (χ0n) is 16.2. The number of sulfonamides is 1. The molecule has 2 heterocycles. The van der Waals surface area contributed by atoms with Crippen molar-refractivity contribution in [3.8, 4) is 0 Å². The lowest BCUT2D eigenvalue weighted by atomic mass is 10.1.